The van der Waals surface area contributed by atoms with E-state index in [-0.39, 0.29) is 17.0 Å². The predicted octanol–water partition coefficient (Wildman–Crippen LogP) is 0.0358. The highest BCUT2D eigenvalue weighted by Crippen LogP contribution is 2.12. The van der Waals surface area contributed by atoms with Gasteiger partial charge in [0.05, 0.1) is 0 Å². The van der Waals surface area contributed by atoms with Crippen molar-refractivity contribution in [2.45, 2.75) is 0 Å². The molecule has 70 valence electrons. The fourth-order valence-electron chi connectivity index (χ4n) is 0.749. The number of hydrogen-bond donors (Lipinski definition) is 2. The fourth-order valence-corrected chi connectivity index (χ4v) is 0.749. The van der Waals surface area contributed by atoms with Crippen LogP contribution in [-0.4, -0.2) is 27.5 Å². The van der Waals surface area contributed by atoms with Crippen LogP contribution in [-0.2, 0) is 4.79 Å². The molecule has 0 unspecified atom stereocenters. The number of pyridine rings is 1. The van der Waals surface area contributed by atoms with Crippen molar-refractivity contribution >= 4 is 12.3 Å². The topological polar surface area (TPSA) is 87.5 Å². The minimum absolute atomic E-state index is 0.106. The maximum Gasteiger partial charge on any atom is 0.382 e. The molecule has 0 saturated carbocycles. The van der Waals surface area contributed by atoms with Gasteiger partial charge in [-0.2, -0.15) is 0 Å². The quantitative estimate of drug-likeness (QED) is 0.483. The smallest absolute Gasteiger partial charge is 0.382 e. The Morgan fingerprint density at radius 3 is 2.79 bits per heavy atom. The second-order valence-corrected chi connectivity index (χ2v) is 2.30. The van der Waals surface area contributed by atoms with E-state index >= 15 is 0 Å². The van der Waals surface area contributed by atoms with E-state index in [4.69, 9.17) is 10.2 Å². The number of rotatable bonds is 1. The van der Waals surface area contributed by atoms with E-state index in [1.807, 2.05) is 5.92 Å². The van der Waals surface area contributed by atoms with Gasteiger partial charge in [0.25, 0.3) is 0 Å². The molecule has 1 heterocycles. The van der Waals surface area contributed by atoms with Crippen LogP contribution in [0.1, 0.15) is 16.1 Å². The standard InChI is InChI=1S/C9H5NO4/c11-5-7-8(12)3-6(4-10-7)1-2-9(13)14/h3-5,12H,(H,13,14). The zero-order valence-corrected chi connectivity index (χ0v) is 6.89. The van der Waals surface area contributed by atoms with Crippen LogP contribution in [0, 0.1) is 11.8 Å². The average molecular weight is 191 g/mol. The SMILES string of the molecule is O=Cc1ncc(C#CC(=O)O)cc1O. The first-order valence-electron chi connectivity index (χ1n) is 3.52. The molecule has 0 aromatic carbocycles. The van der Waals surface area contributed by atoms with Gasteiger partial charge in [0.2, 0.25) is 0 Å². The highest BCUT2D eigenvalue weighted by molar-refractivity contribution is 5.87. The molecule has 2 N–H and O–H groups in total. The first-order valence-corrected chi connectivity index (χ1v) is 3.52. The van der Waals surface area contributed by atoms with Crippen molar-refractivity contribution in [3.8, 4) is 17.6 Å². The number of carboxylic acids is 1. The molecule has 0 amide bonds. The van der Waals surface area contributed by atoms with Crippen molar-refractivity contribution in [3.63, 3.8) is 0 Å². The van der Waals surface area contributed by atoms with E-state index < -0.39 is 5.97 Å². The molecule has 5 nitrogen and oxygen atoms in total. The van der Waals surface area contributed by atoms with E-state index in [1.165, 1.54) is 12.3 Å². The van der Waals surface area contributed by atoms with Gasteiger partial charge in [0.1, 0.15) is 11.4 Å². The summed E-state index contributed by atoms with van der Waals surface area (Å²) in [6.45, 7) is 0. The van der Waals surface area contributed by atoms with E-state index in [0.717, 1.165) is 0 Å². The molecule has 0 atom stereocenters. The maximum atomic E-state index is 10.3. The second-order valence-electron chi connectivity index (χ2n) is 2.30. The highest BCUT2D eigenvalue weighted by Gasteiger charge is 2.01. The Bertz CT molecular complexity index is 442. The van der Waals surface area contributed by atoms with Gasteiger partial charge in [-0.3, -0.25) is 4.79 Å². The van der Waals surface area contributed by atoms with E-state index in [1.54, 1.807) is 0 Å². The lowest BCUT2D eigenvalue weighted by Crippen LogP contribution is -1.90. The molecule has 5 heteroatoms. The number of carbonyl (C=O) groups excluding carboxylic acids is 1. The van der Waals surface area contributed by atoms with Crippen molar-refractivity contribution in [3.05, 3.63) is 23.5 Å². The summed E-state index contributed by atoms with van der Waals surface area (Å²) in [6, 6.07) is 1.17. The van der Waals surface area contributed by atoms with Crippen LogP contribution in [0.3, 0.4) is 0 Å². The summed E-state index contributed by atoms with van der Waals surface area (Å²) in [5.74, 6) is 2.51. The van der Waals surface area contributed by atoms with Gasteiger partial charge in [0.15, 0.2) is 6.29 Å². The Morgan fingerprint density at radius 1 is 1.57 bits per heavy atom. The molecule has 0 bridgehead atoms. The maximum absolute atomic E-state index is 10.3. The number of aliphatic carboxylic acids is 1. The third-order valence-electron chi connectivity index (χ3n) is 1.32. The average Bonchev–Trinajstić information content (AvgIpc) is 2.15. The Morgan fingerprint density at radius 2 is 2.29 bits per heavy atom. The fraction of sp³-hybridized carbons (Fsp3) is 0. The lowest BCUT2D eigenvalue weighted by Gasteiger charge is -1.95. The van der Waals surface area contributed by atoms with E-state index in [9.17, 15) is 9.59 Å². The molecular weight excluding hydrogens is 186 g/mol. The number of carbonyl (C=O) groups is 2. The first-order chi connectivity index (χ1) is 6.63. The van der Waals surface area contributed by atoms with Crippen molar-refractivity contribution in [1.82, 2.24) is 4.98 Å². The first kappa shape index (κ1) is 9.74. The van der Waals surface area contributed by atoms with Gasteiger partial charge < -0.3 is 10.2 Å². The Hall–Kier alpha value is -2.35. The summed E-state index contributed by atoms with van der Waals surface area (Å²) in [6.07, 6.45) is 1.60. The van der Waals surface area contributed by atoms with Crippen LogP contribution in [0.4, 0.5) is 0 Å². The Labute approximate surface area is 79.0 Å². The van der Waals surface area contributed by atoms with Crippen LogP contribution in [0.2, 0.25) is 0 Å². The van der Waals surface area contributed by atoms with Gasteiger partial charge in [-0.1, -0.05) is 5.92 Å². The molecular formula is C9H5NO4. The zero-order chi connectivity index (χ0) is 10.6. The number of aromatic hydroxyl groups is 1. The molecule has 0 aliphatic heterocycles. The van der Waals surface area contributed by atoms with Crippen molar-refractivity contribution < 1.29 is 19.8 Å². The molecule has 1 rings (SSSR count). The zero-order valence-electron chi connectivity index (χ0n) is 6.89. The Balaban J connectivity index is 3.05. The molecule has 14 heavy (non-hydrogen) atoms. The van der Waals surface area contributed by atoms with Gasteiger partial charge in [-0.25, -0.2) is 9.78 Å². The van der Waals surface area contributed by atoms with Crippen LogP contribution >= 0.6 is 0 Å². The van der Waals surface area contributed by atoms with Crippen LogP contribution < -0.4 is 0 Å². The normalized spacial score (nSPS) is 8.57. The summed E-state index contributed by atoms with van der Waals surface area (Å²) in [5.41, 5.74) is 0.126. The molecule has 0 fully saturated rings. The highest BCUT2D eigenvalue weighted by atomic mass is 16.4. The molecule has 0 spiro atoms. The third-order valence-corrected chi connectivity index (χ3v) is 1.32. The van der Waals surface area contributed by atoms with Gasteiger partial charge in [-0.05, 0) is 6.07 Å². The summed E-state index contributed by atoms with van der Waals surface area (Å²) >= 11 is 0. The lowest BCUT2D eigenvalue weighted by atomic mass is 10.2. The number of carboxylic acid groups (broad SMARTS) is 1. The van der Waals surface area contributed by atoms with Crippen LogP contribution in [0.5, 0.6) is 5.75 Å². The number of aromatic nitrogens is 1. The van der Waals surface area contributed by atoms with Gasteiger partial charge in [0, 0.05) is 17.7 Å². The van der Waals surface area contributed by atoms with Crippen molar-refractivity contribution in [2.75, 3.05) is 0 Å². The van der Waals surface area contributed by atoms with E-state index in [2.05, 4.69) is 10.9 Å². The van der Waals surface area contributed by atoms with Crippen molar-refractivity contribution in [1.29, 1.82) is 0 Å². The summed E-state index contributed by atoms with van der Waals surface area (Å²) in [7, 11) is 0. The third kappa shape index (κ3) is 2.32. The largest absolute Gasteiger partial charge is 0.506 e. The van der Waals surface area contributed by atoms with Gasteiger partial charge in [-0.15, -0.1) is 0 Å². The number of hydrogen-bond acceptors (Lipinski definition) is 4. The number of aldehydes is 1. The van der Waals surface area contributed by atoms with Crippen LogP contribution in [0.25, 0.3) is 0 Å². The van der Waals surface area contributed by atoms with Crippen LogP contribution in [0.15, 0.2) is 12.3 Å². The molecule has 0 aliphatic rings. The van der Waals surface area contributed by atoms with E-state index in [0.29, 0.717) is 6.29 Å². The Kier molecular flexibility index (Phi) is 2.82. The molecule has 1 aromatic heterocycles. The van der Waals surface area contributed by atoms with Gasteiger partial charge >= 0.3 is 5.97 Å². The lowest BCUT2D eigenvalue weighted by molar-refractivity contribution is -0.130. The minimum atomic E-state index is -1.27. The predicted molar refractivity (Wildman–Crippen MR) is 45.8 cm³/mol. The number of nitrogens with zero attached hydrogens (tertiary/aromatic N) is 1. The van der Waals surface area contributed by atoms with Crippen molar-refractivity contribution in [2.24, 2.45) is 0 Å². The monoisotopic (exact) mass is 191 g/mol. The minimum Gasteiger partial charge on any atom is -0.506 e. The molecule has 0 radical (unpaired) electrons. The summed E-state index contributed by atoms with van der Waals surface area (Å²) in [4.78, 5) is 23.9. The molecule has 0 saturated heterocycles. The summed E-state index contributed by atoms with van der Waals surface area (Å²) < 4.78 is 0. The molecule has 1 aromatic rings. The molecule has 0 aliphatic carbocycles. The summed E-state index contributed by atoms with van der Waals surface area (Å²) in [5, 5.41) is 17.4. The second kappa shape index (κ2) is 4.05.